The van der Waals surface area contributed by atoms with Gasteiger partial charge in [0.25, 0.3) is 0 Å². The lowest BCUT2D eigenvalue weighted by atomic mass is 9.78. The van der Waals surface area contributed by atoms with Crippen molar-refractivity contribution < 1.29 is 30.0 Å². The van der Waals surface area contributed by atoms with Gasteiger partial charge < -0.3 is 20.4 Å². The maximum Gasteiger partial charge on any atom is 0.335 e. The first-order chi connectivity index (χ1) is 13.2. The highest BCUT2D eigenvalue weighted by Crippen LogP contribution is 2.28. The third-order valence-electron chi connectivity index (χ3n) is 4.11. The minimum Gasteiger partial charge on any atom is -0.478 e. The van der Waals surface area contributed by atoms with Crippen LogP contribution in [0.1, 0.15) is 48.4 Å². The second kappa shape index (κ2) is 11.8. The van der Waals surface area contributed by atoms with Gasteiger partial charge in [-0.3, -0.25) is 0 Å². The summed E-state index contributed by atoms with van der Waals surface area (Å²) in [5.74, 6) is -1.87. The number of rotatable bonds is 3. The van der Waals surface area contributed by atoms with Crippen LogP contribution in [0.5, 0.6) is 0 Å². The van der Waals surface area contributed by atoms with Crippen molar-refractivity contribution in [1.29, 1.82) is 0 Å². The van der Waals surface area contributed by atoms with E-state index in [0.29, 0.717) is 10.0 Å². The molecule has 0 saturated heterocycles. The molecule has 0 heterocycles. The van der Waals surface area contributed by atoms with Gasteiger partial charge in [-0.1, -0.05) is 44.0 Å². The Bertz CT molecular complexity index is 723. The summed E-state index contributed by atoms with van der Waals surface area (Å²) in [7, 11) is 0. The lowest BCUT2D eigenvalue weighted by Gasteiger charge is -2.35. The monoisotopic (exact) mass is 444 g/mol. The first-order valence-electron chi connectivity index (χ1n) is 8.52. The molecule has 2 aromatic rings. The van der Waals surface area contributed by atoms with Crippen LogP contribution >= 0.6 is 23.2 Å². The molecule has 0 saturated carbocycles. The lowest BCUT2D eigenvalue weighted by molar-refractivity contribution is -0.0794. The molecule has 6 nitrogen and oxygen atoms in total. The quantitative estimate of drug-likeness (QED) is 0.537. The molecular weight excluding hydrogens is 419 g/mol. The molecule has 160 valence electrons. The normalized spacial score (nSPS) is 12.4. The van der Waals surface area contributed by atoms with Crippen molar-refractivity contribution in [3.8, 4) is 0 Å². The molecular formula is C21H26Cl2O6. The zero-order valence-electron chi connectivity index (χ0n) is 16.7. The van der Waals surface area contributed by atoms with Gasteiger partial charge in [-0.2, -0.15) is 0 Å². The molecule has 0 radical (unpaired) electrons. The smallest absolute Gasteiger partial charge is 0.335 e. The molecule has 4 N–H and O–H groups in total. The maximum absolute atomic E-state index is 10.3. The summed E-state index contributed by atoms with van der Waals surface area (Å²) in [5.41, 5.74) is -0.705. The van der Waals surface area contributed by atoms with Gasteiger partial charge in [0.1, 0.15) is 0 Å². The number of aromatic carboxylic acids is 2. The second-order valence-electron chi connectivity index (χ2n) is 7.31. The van der Waals surface area contributed by atoms with E-state index in [0.717, 1.165) is 0 Å². The van der Waals surface area contributed by atoms with E-state index in [1.54, 1.807) is 31.2 Å². The van der Waals surface area contributed by atoms with E-state index in [2.05, 4.69) is 0 Å². The van der Waals surface area contributed by atoms with Gasteiger partial charge in [0.15, 0.2) is 0 Å². The van der Waals surface area contributed by atoms with E-state index in [4.69, 9.17) is 38.5 Å². The van der Waals surface area contributed by atoms with E-state index in [9.17, 15) is 14.7 Å². The van der Waals surface area contributed by atoms with Crippen LogP contribution in [0, 0.1) is 5.41 Å². The molecule has 0 bridgehead atoms. The van der Waals surface area contributed by atoms with Crippen LogP contribution in [-0.2, 0) is 0 Å². The van der Waals surface area contributed by atoms with Gasteiger partial charge in [-0.05, 0) is 60.9 Å². The number of halogens is 2. The number of carboxylic acids is 2. The third-order valence-corrected chi connectivity index (χ3v) is 4.61. The fraction of sp³-hybridized carbons (Fsp3) is 0.333. The number of hydrogen-bond donors (Lipinski definition) is 4. The number of hydrogen-bond acceptors (Lipinski definition) is 4. The zero-order chi connectivity index (χ0) is 22.8. The van der Waals surface area contributed by atoms with Crippen molar-refractivity contribution >= 4 is 35.1 Å². The van der Waals surface area contributed by atoms with Crippen LogP contribution in [0.3, 0.4) is 0 Å². The molecule has 1 unspecified atom stereocenters. The van der Waals surface area contributed by atoms with Crippen molar-refractivity contribution in [3.63, 3.8) is 0 Å². The van der Waals surface area contributed by atoms with Gasteiger partial charge in [-0.25, -0.2) is 9.59 Å². The van der Waals surface area contributed by atoms with E-state index >= 15 is 0 Å². The number of carboxylic acid groups (broad SMARTS) is 2. The highest BCUT2D eigenvalue weighted by Gasteiger charge is 2.34. The molecule has 2 aromatic carbocycles. The summed E-state index contributed by atoms with van der Waals surface area (Å²) < 4.78 is 0. The molecule has 1 atom stereocenters. The fourth-order valence-electron chi connectivity index (χ4n) is 1.42. The molecule has 0 aliphatic carbocycles. The zero-order valence-corrected chi connectivity index (χ0v) is 18.2. The Balaban J connectivity index is 0.000000407. The number of carbonyl (C=O) groups is 2. The van der Waals surface area contributed by atoms with Gasteiger partial charge in [0.2, 0.25) is 0 Å². The molecule has 0 aliphatic heterocycles. The van der Waals surface area contributed by atoms with E-state index in [1.165, 1.54) is 24.3 Å². The summed E-state index contributed by atoms with van der Waals surface area (Å²) in [6.45, 7) is 7.12. The average Bonchev–Trinajstić information content (AvgIpc) is 2.62. The highest BCUT2D eigenvalue weighted by molar-refractivity contribution is 6.30. The number of aliphatic hydroxyl groups excluding tert-OH is 1. The minimum absolute atomic E-state index is 0.184. The van der Waals surface area contributed by atoms with E-state index < -0.39 is 17.5 Å². The predicted octanol–water partition coefficient (Wildman–Crippen LogP) is 4.85. The van der Waals surface area contributed by atoms with Crippen LogP contribution in [0.2, 0.25) is 10.0 Å². The van der Waals surface area contributed by atoms with Gasteiger partial charge in [0.05, 0.1) is 23.3 Å². The summed E-state index contributed by atoms with van der Waals surface area (Å²) in [6, 6.07) is 12.0. The standard InChI is InChI=1S/2C7H5ClO2.C7H16O2/c2*8-6-3-1-5(2-4-6)7(9)10;1-6(2,3)7(4,9)5-8/h2*1-4H,(H,9,10);8-9H,5H2,1-4H3. The Morgan fingerprint density at radius 1 is 0.759 bits per heavy atom. The number of aliphatic hydroxyl groups is 2. The third kappa shape index (κ3) is 10.3. The Labute approximate surface area is 180 Å². The molecule has 0 spiro atoms. The van der Waals surface area contributed by atoms with Crippen LogP contribution in [0.15, 0.2) is 48.5 Å². The summed E-state index contributed by atoms with van der Waals surface area (Å²) in [4.78, 5) is 20.5. The van der Waals surface area contributed by atoms with Crippen molar-refractivity contribution in [2.24, 2.45) is 5.41 Å². The maximum atomic E-state index is 10.3. The van der Waals surface area contributed by atoms with Gasteiger partial charge in [-0.15, -0.1) is 0 Å². The Hall–Kier alpha value is -2.12. The first-order valence-corrected chi connectivity index (χ1v) is 9.28. The highest BCUT2D eigenvalue weighted by atomic mass is 35.5. The molecule has 0 aliphatic rings. The van der Waals surface area contributed by atoms with Crippen molar-refractivity contribution in [2.75, 3.05) is 6.61 Å². The van der Waals surface area contributed by atoms with Crippen molar-refractivity contribution in [3.05, 3.63) is 69.7 Å². The van der Waals surface area contributed by atoms with E-state index in [-0.39, 0.29) is 23.1 Å². The second-order valence-corrected chi connectivity index (χ2v) is 8.18. The topological polar surface area (TPSA) is 115 Å². The minimum atomic E-state index is -0.965. The molecule has 2 rings (SSSR count). The number of benzene rings is 2. The van der Waals surface area contributed by atoms with Crippen LogP contribution in [-0.4, -0.2) is 44.6 Å². The Morgan fingerprint density at radius 2 is 1.03 bits per heavy atom. The van der Waals surface area contributed by atoms with Crippen LogP contribution in [0.4, 0.5) is 0 Å². The molecule has 8 heteroatoms. The predicted molar refractivity (Wildman–Crippen MR) is 114 cm³/mol. The molecule has 29 heavy (non-hydrogen) atoms. The SMILES string of the molecule is CC(C)(C)C(C)(O)CO.O=C(O)c1ccc(Cl)cc1.O=C(O)c1ccc(Cl)cc1. The Morgan fingerprint density at radius 3 is 1.17 bits per heavy atom. The summed E-state index contributed by atoms with van der Waals surface area (Å²) in [6.07, 6.45) is 0. The van der Waals surface area contributed by atoms with Gasteiger partial charge in [0, 0.05) is 10.0 Å². The molecule has 0 fully saturated rings. The van der Waals surface area contributed by atoms with Crippen molar-refractivity contribution in [2.45, 2.75) is 33.3 Å². The summed E-state index contributed by atoms with van der Waals surface area (Å²) in [5, 5.41) is 36.0. The van der Waals surface area contributed by atoms with Crippen LogP contribution in [0.25, 0.3) is 0 Å². The molecule has 0 aromatic heterocycles. The first kappa shape index (κ1) is 26.9. The average molecular weight is 445 g/mol. The summed E-state index contributed by atoms with van der Waals surface area (Å²) >= 11 is 11.0. The fourth-order valence-corrected chi connectivity index (χ4v) is 1.67. The Kier molecular flexibility index (Phi) is 10.9. The van der Waals surface area contributed by atoms with E-state index in [1.807, 2.05) is 20.8 Å². The molecule has 0 amide bonds. The van der Waals surface area contributed by atoms with Gasteiger partial charge >= 0.3 is 11.9 Å². The van der Waals surface area contributed by atoms with Crippen molar-refractivity contribution in [1.82, 2.24) is 0 Å². The van der Waals surface area contributed by atoms with Crippen LogP contribution < -0.4 is 0 Å². The lowest BCUT2D eigenvalue weighted by Crippen LogP contribution is -2.42. The largest absolute Gasteiger partial charge is 0.478 e.